The quantitative estimate of drug-likeness (QED) is 0.644. The van der Waals surface area contributed by atoms with Gasteiger partial charge in [0.1, 0.15) is 0 Å². The Hall–Kier alpha value is 0.0969. The van der Waals surface area contributed by atoms with Crippen molar-refractivity contribution in [1.82, 2.24) is 0 Å². The SMILES string of the molecule is CCC(C)(C)O[Si](OC)(OC)C(C)C. The Morgan fingerprint density at radius 3 is 1.79 bits per heavy atom. The van der Waals surface area contributed by atoms with Gasteiger partial charge in [-0.05, 0) is 20.3 Å². The van der Waals surface area contributed by atoms with E-state index in [0.29, 0.717) is 0 Å². The molecule has 0 aliphatic rings. The Morgan fingerprint density at radius 1 is 1.14 bits per heavy atom. The van der Waals surface area contributed by atoms with E-state index in [0.717, 1.165) is 6.42 Å². The normalized spacial score (nSPS) is 13.7. The summed E-state index contributed by atoms with van der Waals surface area (Å²) in [5.74, 6) is 0. The van der Waals surface area contributed by atoms with Crippen LogP contribution in [-0.4, -0.2) is 28.6 Å². The predicted octanol–water partition coefficient (Wildman–Crippen LogP) is 2.83. The minimum Gasteiger partial charge on any atom is -0.377 e. The van der Waals surface area contributed by atoms with Crippen LogP contribution in [0.1, 0.15) is 41.0 Å². The molecule has 0 aliphatic carbocycles. The van der Waals surface area contributed by atoms with Crippen LogP contribution in [0.3, 0.4) is 0 Å². The predicted molar refractivity (Wildman–Crippen MR) is 60.3 cm³/mol. The second-order valence-corrected chi connectivity index (χ2v) is 7.76. The molecule has 0 amide bonds. The number of rotatable bonds is 6. The lowest BCUT2D eigenvalue weighted by atomic mass is 10.1. The van der Waals surface area contributed by atoms with Crippen molar-refractivity contribution in [1.29, 1.82) is 0 Å². The highest BCUT2D eigenvalue weighted by molar-refractivity contribution is 6.62. The van der Waals surface area contributed by atoms with E-state index in [2.05, 4.69) is 34.6 Å². The minimum atomic E-state index is -2.48. The van der Waals surface area contributed by atoms with Crippen molar-refractivity contribution < 1.29 is 13.3 Å². The largest absolute Gasteiger partial charge is 0.503 e. The summed E-state index contributed by atoms with van der Waals surface area (Å²) >= 11 is 0. The molecule has 0 saturated heterocycles. The van der Waals surface area contributed by atoms with Gasteiger partial charge in [0.25, 0.3) is 0 Å². The van der Waals surface area contributed by atoms with Crippen LogP contribution in [0.2, 0.25) is 5.54 Å². The van der Waals surface area contributed by atoms with E-state index >= 15 is 0 Å². The summed E-state index contributed by atoms with van der Waals surface area (Å²) in [4.78, 5) is 0. The topological polar surface area (TPSA) is 27.7 Å². The monoisotopic (exact) mass is 220 g/mol. The van der Waals surface area contributed by atoms with Gasteiger partial charge in [0, 0.05) is 19.8 Å². The van der Waals surface area contributed by atoms with Crippen molar-refractivity contribution in [3.63, 3.8) is 0 Å². The van der Waals surface area contributed by atoms with Gasteiger partial charge in [-0.1, -0.05) is 20.8 Å². The van der Waals surface area contributed by atoms with E-state index in [4.69, 9.17) is 13.3 Å². The smallest absolute Gasteiger partial charge is 0.377 e. The Labute approximate surface area is 89.1 Å². The van der Waals surface area contributed by atoms with Gasteiger partial charge in [0.15, 0.2) is 0 Å². The van der Waals surface area contributed by atoms with Gasteiger partial charge in [-0.25, -0.2) is 0 Å². The molecule has 0 fully saturated rings. The molecule has 0 heterocycles. The number of hydrogen-bond donors (Lipinski definition) is 0. The lowest BCUT2D eigenvalue weighted by Gasteiger charge is -2.37. The Balaban J connectivity index is 4.67. The highest BCUT2D eigenvalue weighted by Crippen LogP contribution is 2.29. The van der Waals surface area contributed by atoms with Crippen molar-refractivity contribution in [3.8, 4) is 0 Å². The van der Waals surface area contributed by atoms with Gasteiger partial charge < -0.3 is 13.3 Å². The third-order valence-corrected chi connectivity index (χ3v) is 5.94. The van der Waals surface area contributed by atoms with Crippen LogP contribution in [-0.2, 0) is 13.3 Å². The highest BCUT2D eigenvalue weighted by atomic mass is 28.4. The number of hydrogen-bond acceptors (Lipinski definition) is 3. The van der Waals surface area contributed by atoms with Gasteiger partial charge in [-0.15, -0.1) is 0 Å². The van der Waals surface area contributed by atoms with Gasteiger partial charge in [-0.2, -0.15) is 0 Å². The van der Waals surface area contributed by atoms with Crippen LogP contribution in [0.25, 0.3) is 0 Å². The molecule has 0 aromatic rings. The lowest BCUT2D eigenvalue weighted by Crippen LogP contribution is -2.52. The molecule has 4 heteroatoms. The van der Waals surface area contributed by atoms with E-state index in [1.165, 1.54) is 0 Å². The van der Waals surface area contributed by atoms with Crippen LogP contribution in [0, 0.1) is 0 Å². The summed E-state index contributed by atoms with van der Waals surface area (Å²) in [6.07, 6.45) is 0.946. The molecule has 86 valence electrons. The van der Waals surface area contributed by atoms with Gasteiger partial charge in [0.05, 0.1) is 5.60 Å². The van der Waals surface area contributed by atoms with E-state index in [9.17, 15) is 0 Å². The molecule has 0 aromatic heterocycles. The molecular weight excluding hydrogens is 196 g/mol. The van der Waals surface area contributed by atoms with Crippen molar-refractivity contribution in [2.75, 3.05) is 14.2 Å². The second kappa shape index (κ2) is 5.26. The maximum absolute atomic E-state index is 6.03. The molecule has 0 bridgehead atoms. The molecule has 14 heavy (non-hydrogen) atoms. The Kier molecular flexibility index (Phi) is 5.29. The molecule has 0 unspecified atom stereocenters. The first-order valence-corrected chi connectivity index (χ1v) is 6.94. The summed E-state index contributed by atoms with van der Waals surface area (Å²) in [6, 6.07) is 0. The molecule has 0 saturated carbocycles. The summed E-state index contributed by atoms with van der Waals surface area (Å²) in [5, 5.41) is 0. The van der Waals surface area contributed by atoms with Crippen molar-refractivity contribution in [3.05, 3.63) is 0 Å². The molecule has 0 aromatic carbocycles. The van der Waals surface area contributed by atoms with Crippen LogP contribution in [0.15, 0.2) is 0 Å². The van der Waals surface area contributed by atoms with E-state index in [1.807, 2.05) is 0 Å². The standard InChI is InChI=1S/C10H24O3Si/c1-8-10(4,5)13-14(11-6,12-7)9(2)3/h9H,8H2,1-7H3. The third kappa shape index (κ3) is 3.35. The molecule has 0 spiro atoms. The van der Waals surface area contributed by atoms with E-state index < -0.39 is 8.80 Å². The summed E-state index contributed by atoms with van der Waals surface area (Å²) < 4.78 is 17.0. The maximum Gasteiger partial charge on any atom is 0.503 e. The van der Waals surface area contributed by atoms with E-state index in [-0.39, 0.29) is 11.1 Å². The van der Waals surface area contributed by atoms with Crippen molar-refractivity contribution >= 4 is 8.80 Å². The fourth-order valence-electron chi connectivity index (χ4n) is 1.21. The first-order valence-electron chi connectivity index (χ1n) is 5.14. The van der Waals surface area contributed by atoms with Gasteiger partial charge in [0.2, 0.25) is 0 Å². The van der Waals surface area contributed by atoms with Gasteiger partial charge in [-0.3, -0.25) is 0 Å². The molecule has 0 rings (SSSR count). The zero-order chi connectivity index (χ0) is 11.4. The molecular formula is C10H24O3Si. The molecule has 0 atom stereocenters. The second-order valence-electron chi connectivity index (χ2n) is 4.38. The average Bonchev–Trinajstić information content (AvgIpc) is 2.14. The van der Waals surface area contributed by atoms with Crippen LogP contribution in [0.5, 0.6) is 0 Å². The first-order chi connectivity index (χ1) is 6.33. The van der Waals surface area contributed by atoms with Crippen LogP contribution in [0.4, 0.5) is 0 Å². The zero-order valence-corrected chi connectivity index (χ0v) is 11.5. The molecule has 0 radical (unpaired) electrons. The van der Waals surface area contributed by atoms with Crippen LogP contribution < -0.4 is 0 Å². The minimum absolute atomic E-state index is 0.178. The van der Waals surface area contributed by atoms with Crippen molar-refractivity contribution in [2.45, 2.75) is 52.2 Å². The lowest BCUT2D eigenvalue weighted by molar-refractivity contribution is -0.00168. The molecule has 0 aliphatic heterocycles. The molecule has 0 N–H and O–H groups in total. The van der Waals surface area contributed by atoms with Crippen LogP contribution >= 0.6 is 0 Å². The zero-order valence-electron chi connectivity index (χ0n) is 10.5. The molecule has 3 nitrogen and oxygen atoms in total. The fraction of sp³-hybridized carbons (Fsp3) is 1.00. The van der Waals surface area contributed by atoms with Crippen molar-refractivity contribution in [2.24, 2.45) is 0 Å². The third-order valence-electron chi connectivity index (χ3n) is 2.55. The Morgan fingerprint density at radius 2 is 1.57 bits per heavy atom. The average molecular weight is 220 g/mol. The summed E-state index contributed by atoms with van der Waals surface area (Å²) in [6.45, 7) is 10.4. The summed E-state index contributed by atoms with van der Waals surface area (Å²) in [7, 11) is 0.859. The highest BCUT2D eigenvalue weighted by Gasteiger charge is 2.46. The van der Waals surface area contributed by atoms with Gasteiger partial charge >= 0.3 is 8.80 Å². The van der Waals surface area contributed by atoms with E-state index in [1.54, 1.807) is 14.2 Å². The first kappa shape index (κ1) is 14.1. The maximum atomic E-state index is 6.03. The summed E-state index contributed by atoms with van der Waals surface area (Å²) in [5.41, 5.74) is 0.103. The fourth-order valence-corrected chi connectivity index (χ4v) is 3.64. The Bertz CT molecular complexity index is 165.